The van der Waals surface area contributed by atoms with Crippen LogP contribution in [0, 0.1) is 11.3 Å². The Labute approximate surface area is 114 Å². The number of carbonyl (C=O) groups is 1. The van der Waals surface area contributed by atoms with E-state index in [0.717, 1.165) is 25.9 Å². The van der Waals surface area contributed by atoms with Gasteiger partial charge in [-0.25, -0.2) is 4.98 Å². The lowest BCUT2D eigenvalue weighted by Gasteiger charge is -2.38. The van der Waals surface area contributed by atoms with E-state index in [4.69, 9.17) is 0 Å². The number of hydrogen-bond donors (Lipinski definition) is 2. The van der Waals surface area contributed by atoms with Crippen LogP contribution in [0.3, 0.4) is 0 Å². The van der Waals surface area contributed by atoms with Crippen LogP contribution in [0.15, 0.2) is 6.33 Å². The molecule has 2 heterocycles. The Morgan fingerprint density at radius 1 is 1.58 bits per heavy atom. The van der Waals surface area contributed by atoms with Gasteiger partial charge in [0.1, 0.15) is 12.2 Å². The van der Waals surface area contributed by atoms with Crippen LogP contribution in [0.1, 0.15) is 32.5 Å². The van der Waals surface area contributed by atoms with Gasteiger partial charge in [-0.15, -0.1) is 0 Å². The third kappa shape index (κ3) is 3.12. The summed E-state index contributed by atoms with van der Waals surface area (Å²) in [6, 6.07) is 0. The average molecular weight is 265 g/mol. The Bertz CT molecular complexity index is 409. The zero-order valence-electron chi connectivity index (χ0n) is 11.9. The molecule has 0 saturated carbocycles. The maximum absolute atomic E-state index is 12.6. The Morgan fingerprint density at radius 3 is 2.95 bits per heavy atom. The highest BCUT2D eigenvalue weighted by atomic mass is 16.2. The largest absolute Gasteiger partial charge is 0.338 e. The highest BCUT2D eigenvalue weighted by Crippen LogP contribution is 2.33. The van der Waals surface area contributed by atoms with Gasteiger partial charge in [-0.3, -0.25) is 9.89 Å². The van der Waals surface area contributed by atoms with Crippen LogP contribution in [0.25, 0.3) is 0 Å². The number of amides is 1. The van der Waals surface area contributed by atoms with Crippen LogP contribution in [0.5, 0.6) is 0 Å². The second-order valence-electron chi connectivity index (χ2n) is 5.86. The number of aromatic nitrogens is 3. The topological polar surface area (TPSA) is 73.9 Å². The number of rotatable bonds is 4. The van der Waals surface area contributed by atoms with Crippen LogP contribution < -0.4 is 5.32 Å². The van der Waals surface area contributed by atoms with Crippen molar-refractivity contribution in [2.45, 2.75) is 33.2 Å². The Balaban J connectivity index is 2.00. The molecule has 6 nitrogen and oxygen atoms in total. The minimum absolute atomic E-state index is 0.164. The first-order chi connectivity index (χ1) is 9.01. The predicted molar refractivity (Wildman–Crippen MR) is 72.2 cm³/mol. The van der Waals surface area contributed by atoms with Crippen molar-refractivity contribution in [3.8, 4) is 0 Å². The van der Waals surface area contributed by atoms with Crippen LogP contribution >= 0.6 is 0 Å². The van der Waals surface area contributed by atoms with Crippen LogP contribution in [0.2, 0.25) is 0 Å². The summed E-state index contributed by atoms with van der Waals surface area (Å²) in [6.07, 6.45) is 3.72. The minimum atomic E-state index is -0.345. The van der Waals surface area contributed by atoms with Crippen molar-refractivity contribution >= 4 is 5.91 Å². The lowest BCUT2D eigenvalue weighted by Crippen LogP contribution is -2.47. The predicted octanol–water partition coefficient (Wildman–Crippen LogP) is 0.789. The van der Waals surface area contributed by atoms with Crippen LogP contribution in [0.4, 0.5) is 0 Å². The van der Waals surface area contributed by atoms with E-state index in [-0.39, 0.29) is 11.3 Å². The van der Waals surface area contributed by atoms with Crippen LogP contribution in [-0.2, 0) is 11.3 Å². The number of carbonyl (C=O) groups excluding carboxylic acids is 1. The molecule has 1 aliphatic rings. The quantitative estimate of drug-likeness (QED) is 0.844. The van der Waals surface area contributed by atoms with Gasteiger partial charge in [0.25, 0.3) is 0 Å². The van der Waals surface area contributed by atoms with E-state index < -0.39 is 0 Å². The van der Waals surface area contributed by atoms with Gasteiger partial charge in [0, 0.05) is 12.5 Å². The maximum atomic E-state index is 12.6. The van der Waals surface area contributed by atoms with E-state index in [1.165, 1.54) is 6.33 Å². The first-order valence-corrected chi connectivity index (χ1v) is 6.82. The maximum Gasteiger partial charge on any atom is 0.228 e. The zero-order valence-corrected chi connectivity index (χ0v) is 11.9. The molecular formula is C13H23N5O. The van der Waals surface area contributed by atoms with Crippen LogP contribution in [-0.4, -0.2) is 46.1 Å². The molecule has 1 fully saturated rings. The second-order valence-corrected chi connectivity index (χ2v) is 5.86. The van der Waals surface area contributed by atoms with Gasteiger partial charge in [0.05, 0.1) is 6.54 Å². The lowest BCUT2D eigenvalue weighted by molar-refractivity contribution is -0.143. The fourth-order valence-corrected chi connectivity index (χ4v) is 2.74. The van der Waals surface area contributed by atoms with Crippen molar-refractivity contribution in [1.82, 2.24) is 25.4 Å². The van der Waals surface area contributed by atoms with Gasteiger partial charge >= 0.3 is 0 Å². The molecule has 6 heteroatoms. The summed E-state index contributed by atoms with van der Waals surface area (Å²) < 4.78 is 0. The molecule has 0 radical (unpaired) electrons. The van der Waals surface area contributed by atoms with E-state index in [1.54, 1.807) is 4.90 Å². The molecule has 1 unspecified atom stereocenters. The van der Waals surface area contributed by atoms with Crippen molar-refractivity contribution in [1.29, 1.82) is 0 Å². The summed E-state index contributed by atoms with van der Waals surface area (Å²) in [7, 11) is 1.82. The smallest absolute Gasteiger partial charge is 0.228 e. The third-order valence-corrected chi connectivity index (χ3v) is 4.07. The molecule has 1 amide bonds. The van der Waals surface area contributed by atoms with E-state index in [1.807, 2.05) is 20.9 Å². The van der Waals surface area contributed by atoms with Gasteiger partial charge in [-0.1, -0.05) is 13.8 Å². The Morgan fingerprint density at radius 2 is 2.37 bits per heavy atom. The van der Waals surface area contributed by atoms with E-state index in [2.05, 4.69) is 20.5 Å². The summed E-state index contributed by atoms with van der Waals surface area (Å²) in [4.78, 5) is 18.4. The van der Waals surface area contributed by atoms with Crippen molar-refractivity contribution in [3.63, 3.8) is 0 Å². The molecule has 0 aliphatic carbocycles. The second kappa shape index (κ2) is 5.69. The van der Waals surface area contributed by atoms with Gasteiger partial charge in [-0.2, -0.15) is 5.10 Å². The first kappa shape index (κ1) is 14.0. The lowest BCUT2D eigenvalue weighted by atomic mass is 9.74. The minimum Gasteiger partial charge on any atom is -0.338 e. The van der Waals surface area contributed by atoms with E-state index in [0.29, 0.717) is 18.3 Å². The van der Waals surface area contributed by atoms with Crippen molar-refractivity contribution in [3.05, 3.63) is 12.2 Å². The molecule has 0 bridgehead atoms. The normalized spacial score (nSPS) is 20.3. The van der Waals surface area contributed by atoms with Crippen molar-refractivity contribution in [2.75, 3.05) is 20.1 Å². The molecule has 106 valence electrons. The summed E-state index contributed by atoms with van der Waals surface area (Å²) in [5.74, 6) is 1.27. The van der Waals surface area contributed by atoms with Crippen molar-refractivity contribution in [2.24, 2.45) is 11.3 Å². The summed E-state index contributed by atoms with van der Waals surface area (Å²) in [6.45, 7) is 6.56. The molecule has 2 N–H and O–H groups in total. The Hall–Kier alpha value is -1.43. The monoisotopic (exact) mass is 265 g/mol. The summed E-state index contributed by atoms with van der Waals surface area (Å²) in [5, 5.41) is 9.97. The summed E-state index contributed by atoms with van der Waals surface area (Å²) in [5.41, 5.74) is -0.345. The molecule has 2 rings (SSSR count). The third-order valence-electron chi connectivity index (χ3n) is 4.07. The highest BCUT2D eigenvalue weighted by Gasteiger charge is 2.39. The fourth-order valence-electron chi connectivity index (χ4n) is 2.74. The number of hydrogen-bond acceptors (Lipinski definition) is 4. The highest BCUT2D eigenvalue weighted by molar-refractivity contribution is 5.82. The number of nitrogens with one attached hydrogen (secondary N) is 2. The zero-order chi connectivity index (χ0) is 13.9. The molecule has 19 heavy (non-hydrogen) atoms. The molecule has 1 saturated heterocycles. The van der Waals surface area contributed by atoms with E-state index >= 15 is 0 Å². The number of H-pyrrole nitrogens is 1. The molecule has 1 aliphatic heterocycles. The SMILES string of the molecule is CN(Cc1ncn[nH]1)C(=O)C(C)(C)C1CCCNC1. The molecule has 1 aromatic heterocycles. The Kier molecular flexibility index (Phi) is 4.19. The number of aromatic amines is 1. The van der Waals surface area contributed by atoms with Gasteiger partial charge in [-0.05, 0) is 31.8 Å². The van der Waals surface area contributed by atoms with E-state index in [9.17, 15) is 4.79 Å². The van der Waals surface area contributed by atoms with Gasteiger partial charge in [0.15, 0.2) is 0 Å². The number of piperidine rings is 1. The fraction of sp³-hybridized carbons (Fsp3) is 0.769. The average Bonchev–Trinajstić information content (AvgIpc) is 2.91. The summed E-state index contributed by atoms with van der Waals surface area (Å²) >= 11 is 0. The molecule has 0 spiro atoms. The van der Waals surface area contributed by atoms with Gasteiger partial charge in [0.2, 0.25) is 5.91 Å². The molecule has 0 aromatic carbocycles. The molecule has 1 aromatic rings. The van der Waals surface area contributed by atoms with Gasteiger partial charge < -0.3 is 10.2 Å². The van der Waals surface area contributed by atoms with Crippen molar-refractivity contribution < 1.29 is 4.79 Å². The molecule has 1 atom stereocenters. The standard InChI is InChI=1S/C13H23N5O/c1-13(2,10-5-4-6-14-7-10)12(19)18(3)8-11-15-9-16-17-11/h9-10,14H,4-8H2,1-3H3,(H,15,16,17). The number of nitrogens with zero attached hydrogens (tertiary/aromatic N) is 3. The first-order valence-electron chi connectivity index (χ1n) is 6.82. The molecular weight excluding hydrogens is 242 g/mol.